The summed E-state index contributed by atoms with van der Waals surface area (Å²) in [7, 11) is 0. The van der Waals surface area contributed by atoms with Crippen LogP contribution in [-0.2, 0) is 4.79 Å². The lowest BCUT2D eigenvalue weighted by Crippen LogP contribution is -2.43. The Morgan fingerprint density at radius 1 is 1.50 bits per heavy atom. The highest BCUT2D eigenvalue weighted by Crippen LogP contribution is 2.43. The van der Waals surface area contributed by atoms with Gasteiger partial charge in [-0.1, -0.05) is 0 Å². The topological polar surface area (TPSA) is 40.5 Å². The number of fused-ring (bicyclic) bond motifs is 1. The minimum Gasteiger partial charge on any atom is -0.480 e. The van der Waals surface area contributed by atoms with Gasteiger partial charge in [0.1, 0.15) is 6.04 Å². The highest BCUT2D eigenvalue weighted by atomic mass is 32.2. The van der Waals surface area contributed by atoms with Gasteiger partial charge in [0.2, 0.25) is 0 Å². The summed E-state index contributed by atoms with van der Waals surface area (Å²) < 4.78 is 0. The van der Waals surface area contributed by atoms with Gasteiger partial charge >= 0.3 is 5.97 Å². The smallest absolute Gasteiger partial charge is 0.321 e. The molecule has 2 aliphatic heterocycles. The average molecular weight is 251 g/mol. The number of hydrogen-bond donors (Lipinski definition) is 2. The summed E-state index contributed by atoms with van der Waals surface area (Å²) in [5.41, 5.74) is 0. The molecule has 0 aromatic rings. The lowest BCUT2D eigenvalue weighted by atomic mass is 10.2. The molecule has 0 aromatic heterocycles. The largest absolute Gasteiger partial charge is 0.480 e. The average Bonchev–Trinajstić information content (AvgIpc) is 2.67. The van der Waals surface area contributed by atoms with Gasteiger partial charge in [-0.15, -0.1) is 23.5 Å². The molecule has 2 rings (SSSR count). The minimum atomic E-state index is -0.674. The summed E-state index contributed by atoms with van der Waals surface area (Å²) in [6, 6.07) is -0.273. The van der Waals surface area contributed by atoms with E-state index in [-0.39, 0.29) is 6.04 Å². The minimum absolute atomic E-state index is 0.273. The first-order valence-corrected chi connectivity index (χ1v) is 7.31. The van der Waals surface area contributed by atoms with Crippen LogP contribution in [0.1, 0.15) is 6.42 Å². The molecule has 0 aliphatic carbocycles. The van der Waals surface area contributed by atoms with Crippen LogP contribution >= 0.6 is 36.2 Å². The van der Waals surface area contributed by atoms with Crippen molar-refractivity contribution in [2.24, 2.45) is 0 Å². The molecule has 0 saturated carbocycles. The summed E-state index contributed by atoms with van der Waals surface area (Å²) in [4.78, 5) is 13.2. The van der Waals surface area contributed by atoms with E-state index in [1.54, 1.807) is 11.8 Å². The number of carboxylic acid groups (broad SMARTS) is 1. The third-order valence-corrected chi connectivity index (χ3v) is 5.71. The number of carbonyl (C=O) groups is 1. The van der Waals surface area contributed by atoms with Crippen molar-refractivity contribution in [1.82, 2.24) is 4.90 Å². The van der Waals surface area contributed by atoms with Gasteiger partial charge in [0, 0.05) is 11.5 Å². The molecule has 14 heavy (non-hydrogen) atoms. The zero-order valence-electron chi connectivity index (χ0n) is 7.63. The quantitative estimate of drug-likeness (QED) is 0.738. The number of rotatable bonds is 3. The molecular formula is C8H13NO2S3. The maximum Gasteiger partial charge on any atom is 0.321 e. The molecule has 0 radical (unpaired) electrons. The van der Waals surface area contributed by atoms with Crippen LogP contribution in [0.2, 0.25) is 0 Å². The first-order valence-electron chi connectivity index (χ1n) is 4.58. The van der Waals surface area contributed by atoms with Crippen LogP contribution in [0, 0.1) is 0 Å². The Kier molecular flexibility index (Phi) is 3.57. The van der Waals surface area contributed by atoms with Crippen molar-refractivity contribution < 1.29 is 9.90 Å². The molecule has 0 unspecified atom stereocenters. The number of thiol groups is 1. The zero-order valence-corrected chi connectivity index (χ0v) is 10.2. The van der Waals surface area contributed by atoms with E-state index in [0.717, 1.165) is 23.7 Å². The van der Waals surface area contributed by atoms with Crippen molar-refractivity contribution in [2.75, 3.05) is 17.3 Å². The lowest BCUT2D eigenvalue weighted by molar-refractivity contribution is -0.142. The number of thioether (sulfide) groups is 2. The zero-order chi connectivity index (χ0) is 10.1. The van der Waals surface area contributed by atoms with Crippen LogP contribution < -0.4 is 0 Å². The Labute approximate surface area is 97.4 Å². The Hall–Kier alpha value is 0.480. The fourth-order valence-electron chi connectivity index (χ4n) is 1.92. The number of carboxylic acids is 1. The monoisotopic (exact) mass is 251 g/mol. The van der Waals surface area contributed by atoms with Gasteiger partial charge in [0.25, 0.3) is 0 Å². The normalized spacial score (nSPS) is 37.4. The summed E-state index contributed by atoms with van der Waals surface area (Å²) in [6.07, 6.45) is 0.981. The molecule has 3 nitrogen and oxygen atoms in total. The van der Waals surface area contributed by atoms with Gasteiger partial charge in [-0.05, 0) is 12.2 Å². The van der Waals surface area contributed by atoms with Crippen molar-refractivity contribution in [3.63, 3.8) is 0 Å². The SMILES string of the molecule is O=C(O)[C@@H]1CS[C@H]2CS[C@H](CCS)N21. The van der Waals surface area contributed by atoms with Gasteiger partial charge in [-0.2, -0.15) is 12.6 Å². The van der Waals surface area contributed by atoms with Crippen LogP contribution in [0.25, 0.3) is 0 Å². The third-order valence-electron chi connectivity index (χ3n) is 2.56. The van der Waals surface area contributed by atoms with E-state index < -0.39 is 5.97 Å². The Morgan fingerprint density at radius 3 is 2.93 bits per heavy atom. The van der Waals surface area contributed by atoms with Crippen molar-refractivity contribution in [1.29, 1.82) is 0 Å². The fraction of sp³-hybridized carbons (Fsp3) is 0.875. The van der Waals surface area contributed by atoms with Gasteiger partial charge in [0.05, 0.1) is 10.7 Å². The van der Waals surface area contributed by atoms with Crippen LogP contribution in [0.4, 0.5) is 0 Å². The number of hydrogen-bond acceptors (Lipinski definition) is 5. The van der Waals surface area contributed by atoms with E-state index in [2.05, 4.69) is 17.5 Å². The molecule has 2 heterocycles. The van der Waals surface area contributed by atoms with E-state index in [1.165, 1.54) is 0 Å². The van der Waals surface area contributed by atoms with Gasteiger partial charge in [-0.3, -0.25) is 9.69 Å². The lowest BCUT2D eigenvalue weighted by Gasteiger charge is -2.25. The molecule has 0 bridgehead atoms. The molecule has 3 atom stereocenters. The second-order valence-electron chi connectivity index (χ2n) is 3.39. The van der Waals surface area contributed by atoms with Crippen LogP contribution in [-0.4, -0.2) is 50.0 Å². The molecule has 2 fully saturated rings. The van der Waals surface area contributed by atoms with E-state index in [9.17, 15) is 4.79 Å². The molecule has 2 aliphatic rings. The summed E-state index contributed by atoms with van der Waals surface area (Å²) in [6.45, 7) is 0. The molecule has 1 N–H and O–H groups in total. The van der Waals surface area contributed by atoms with E-state index >= 15 is 0 Å². The molecular weight excluding hydrogens is 238 g/mol. The third kappa shape index (κ3) is 1.89. The molecule has 0 aromatic carbocycles. The van der Waals surface area contributed by atoms with Gasteiger partial charge < -0.3 is 5.11 Å². The van der Waals surface area contributed by atoms with Crippen molar-refractivity contribution in [2.45, 2.75) is 23.2 Å². The second-order valence-corrected chi connectivity index (χ2v) is 6.26. The standard InChI is InChI=1S/C8H13NO2S3/c10-8(11)5-3-13-7-4-14-6(1-2-12)9(5)7/h5-7,12H,1-4H2,(H,10,11)/t5-,6+,7-/m0/s1. The number of aliphatic carboxylic acids is 1. The number of nitrogens with zero attached hydrogens (tertiary/aromatic N) is 1. The Morgan fingerprint density at radius 2 is 2.29 bits per heavy atom. The summed E-state index contributed by atoms with van der Waals surface area (Å²) in [5, 5.41) is 9.85. The van der Waals surface area contributed by atoms with E-state index in [1.807, 2.05) is 11.8 Å². The summed E-state index contributed by atoms with van der Waals surface area (Å²) in [5.74, 6) is 1.96. The van der Waals surface area contributed by atoms with E-state index in [4.69, 9.17) is 5.11 Å². The fourth-order valence-corrected chi connectivity index (χ4v) is 5.53. The second kappa shape index (κ2) is 4.55. The highest BCUT2D eigenvalue weighted by molar-refractivity contribution is 8.04. The van der Waals surface area contributed by atoms with Crippen molar-refractivity contribution in [3.8, 4) is 0 Å². The Bertz CT molecular complexity index is 237. The van der Waals surface area contributed by atoms with Crippen LogP contribution in [0.5, 0.6) is 0 Å². The van der Waals surface area contributed by atoms with E-state index in [0.29, 0.717) is 10.7 Å². The molecule has 0 amide bonds. The highest BCUT2D eigenvalue weighted by Gasteiger charge is 2.46. The molecule has 6 heteroatoms. The van der Waals surface area contributed by atoms with Gasteiger partial charge in [0.15, 0.2) is 0 Å². The van der Waals surface area contributed by atoms with Crippen LogP contribution in [0.3, 0.4) is 0 Å². The van der Waals surface area contributed by atoms with Gasteiger partial charge in [-0.25, -0.2) is 0 Å². The predicted octanol–water partition coefficient (Wildman–Crippen LogP) is 1.21. The first kappa shape index (κ1) is 11.0. The first-order chi connectivity index (χ1) is 6.74. The van der Waals surface area contributed by atoms with Crippen LogP contribution in [0.15, 0.2) is 0 Å². The maximum atomic E-state index is 11.0. The van der Waals surface area contributed by atoms with Crippen molar-refractivity contribution in [3.05, 3.63) is 0 Å². The molecule has 0 spiro atoms. The van der Waals surface area contributed by atoms with Crippen molar-refractivity contribution >= 4 is 42.1 Å². The maximum absolute atomic E-state index is 11.0. The summed E-state index contributed by atoms with van der Waals surface area (Å²) >= 11 is 7.86. The molecule has 2 saturated heterocycles. The Balaban J connectivity index is 2.07. The molecule has 80 valence electrons. The predicted molar refractivity (Wildman–Crippen MR) is 64.2 cm³/mol.